The molecule has 0 bridgehead atoms. The highest BCUT2D eigenvalue weighted by molar-refractivity contribution is 6.30. The lowest BCUT2D eigenvalue weighted by atomic mass is 10.0. The Kier molecular flexibility index (Phi) is 7.49. The van der Waals surface area contributed by atoms with Crippen LogP contribution in [0.2, 0.25) is 10.0 Å². The summed E-state index contributed by atoms with van der Waals surface area (Å²) >= 11 is 11.6. The fourth-order valence-corrected chi connectivity index (χ4v) is 2.51. The highest BCUT2D eigenvalue weighted by atomic mass is 35.5. The van der Waals surface area contributed by atoms with Gasteiger partial charge in [-0.2, -0.15) is 0 Å². The average molecular weight is 395 g/mol. The van der Waals surface area contributed by atoms with Crippen LogP contribution in [0.5, 0.6) is 0 Å². The van der Waals surface area contributed by atoms with E-state index in [4.69, 9.17) is 32.7 Å². The van der Waals surface area contributed by atoms with Crippen molar-refractivity contribution in [3.05, 3.63) is 69.7 Å². The van der Waals surface area contributed by atoms with Gasteiger partial charge in [-0.05, 0) is 54.4 Å². The highest BCUT2D eigenvalue weighted by Crippen LogP contribution is 2.17. The number of halogens is 2. The van der Waals surface area contributed by atoms with E-state index >= 15 is 0 Å². The minimum atomic E-state index is -0.437. The molecule has 6 heteroatoms. The molecule has 0 radical (unpaired) electrons. The second-order valence-electron chi connectivity index (χ2n) is 6.13. The summed E-state index contributed by atoms with van der Waals surface area (Å²) in [5.41, 5.74) is 0.854. The van der Waals surface area contributed by atoms with Crippen LogP contribution in [0, 0.1) is 5.92 Å². The number of hydrogen-bond donors (Lipinski definition) is 0. The van der Waals surface area contributed by atoms with Gasteiger partial charge in [-0.3, -0.25) is 0 Å². The maximum absolute atomic E-state index is 12.2. The van der Waals surface area contributed by atoms with Crippen molar-refractivity contribution in [3.8, 4) is 0 Å². The molecule has 2 aromatic rings. The van der Waals surface area contributed by atoms with Gasteiger partial charge in [0.25, 0.3) is 0 Å². The second kappa shape index (κ2) is 9.60. The molecule has 26 heavy (non-hydrogen) atoms. The summed E-state index contributed by atoms with van der Waals surface area (Å²) in [7, 11) is 0. The molecule has 0 amide bonds. The molecule has 0 spiro atoms. The summed E-state index contributed by atoms with van der Waals surface area (Å²) in [4.78, 5) is 24.2. The summed E-state index contributed by atoms with van der Waals surface area (Å²) < 4.78 is 10.8. The molecule has 0 aliphatic carbocycles. The molecule has 0 saturated heterocycles. The van der Waals surface area contributed by atoms with E-state index < -0.39 is 11.9 Å². The summed E-state index contributed by atoms with van der Waals surface area (Å²) in [6.07, 6.45) is 0.0484. The number of carbonyl (C=O) groups excluding carboxylic acids is 2. The van der Waals surface area contributed by atoms with Crippen LogP contribution < -0.4 is 0 Å². The number of esters is 2. The average Bonchev–Trinajstić information content (AvgIpc) is 2.61. The lowest BCUT2D eigenvalue weighted by Gasteiger charge is -2.21. The van der Waals surface area contributed by atoms with Gasteiger partial charge in [-0.1, -0.05) is 37.0 Å². The first kappa shape index (κ1) is 20.3. The van der Waals surface area contributed by atoms with Gasteiger partial charge in [0.05, 0.1) is 17.7 Å². The molecule has 0 aromatic heterocycles. The van der Waals surface area contributed by atoms with Crippen molar-refractivity contribution in [1.29, 1.82) is 0 Å². The molecule has 0 saturated carbocycles. The smallest absolute Gasteiger partial charge is 0.338 e. The van der Waals surface area contributed by atoms with Crippen LogP contribution in [0.4, 0.5) is 0 Å². The van der Waals surface area contributed by atoms with Gasteiger partial charge in [0, 0.05) is 16.5 Å². The van der Waals surface area contributed by atoms with Gasteiger partial charge in [0.2, 0.25) is 0 Å². The Morgan fingerprint density at radius 2 is 1.31 bits per heavy atom. The van der Waals surface area contributed by atoms with Crippen LogP contribution in [0.25, 0.3) is 0 Å². The fraction of sp³-hybridized carbons (Fsp3) is 0.300. The summed E-state index contributed by atoms with van der Waals surface area (Å²) in [6.45, 7) is 4.04. The number of ether oxygens (including phenoxy) is 2. The Morgan fingerprint density at radius 1 is 0.846 bits per heavy atom. The number of hydrogen-bond acceptors (Lipinski definition) is 4. The highest BCUT2D eigenvalue weighted by Gasteiger charge is 2.20. The van der Waals surface area contributed by atoms with E-state index in [9.17, 15) is 9.59 Å². The van der Waals surface area contributed by atoms with E-state index in [1.165, 1.54) is 0 Å². The molecule has 1 atom stereocenters. The number of benzene rings is 2. The van der Waals surface area contributed by atoms with Crippen LogP contribution in [0.3, 0.4) is 0 Å². The van der Waals surface area contributed by atoms with E-state index in [2.05, 4.69) is 0 Å². The Hall–Kier alpha value is -2.04. The topological polar surface area (TPSA) is 52.6 Å². The molecule has 0 heterocycles. The zero-order chi connectivity index (χ0) is 19.1. The van der Waals surface area contributed by atoms with Crippen molar-refractivity contribution >= 4 is 35.1 Å². The van der Waals surface area contributed by atoms with E-state index in [1.807, 2.05) is 13.8 Å². The van der Waals surface area contributed by atoms with Gasteiger partial charge in [0.1, 0.15) is 6.10 Å². The van der Waals surface area contributed by atoms with Crippen LogP contribution >= 0.6 is 23.2 Å². The third kappa shape index (κ3) is 6.04. The Morgan fingerprint density at radius 3 is 1.77 bits per heavy atom. The van der Waals surface area contributed by atoms with Crippen LogP contribution in [0.15, 0.2) is 48.5 Å². The quantitative estimate of drug-likeness (QED) is 0.588. The number of carbonyl (C=O) groups is 2. The number of rotatable bonds is 7. The maximum atomic E-state index is 12.2. The first-order chi connectivity index (χ1) is 12.4. The molecule has 4 nitrogen and oxygen atoms in total. The summed E-state index contributed by atoms with van der Waals surface area (Å²) in [6, 6.07) is 13.0. The Balaban J connectivity index is 1.87. The molecule has 0 N–H and O–H groups in total. The van der Waals surface area contributed by atoms with Gasteiger partial charge >= 0.3 is 11.9 Å². The normalized spacial score (nSPS) is 11.9. The van der Waals surface area contributed by atoms with E-state index in [0.29, 0.717) is 27.6 Å². The zero-order valence-corrected chi connectivity index (χ0v) is 16.1. The molecular formula is C20H20Cl2O4. The minimum Gasteiger partial charge on any atom is -0.462 e. The summed E-state index contributed by atoms with van der Waals surface area (Å²) in [5.74, 6) is -0.780. The first-order valence-corrected chi connectivity index (χ1v) is 9.01. The monoisotopic (exact) mass is 394 g/mol. The molecule has 2 rings (SSSR count). The summed E-state index contributed by atoms with van der Waals surface area (Å²) in [5, 5.41) is 1.10. The standard InChI is InChI=1S/C20H20Cl2O4/c1-13(2)18(26-20(24)15-5-9-17(22)10-6-15)11-12-25-19(23)14-3-7-16(21)8-4-14/h3-10,13,18H,11-12H2,1-2H3. The van der Waals surface area contributed by atoms with E-state index in [1.54, 1.807) is 48.5 Å². The maximum Gasteiger partial charge on any atom is 0.338 e. The zero-order valence-electron chi connectivity index (χ0n) is 14.6. The third-order valence-electron chi connectivity index (χ3n) is 3.80. The van der Waals surface area contributed by atoms with Crippen LogP contribution in [-0.4, -0.2) is 24.6 Å². The van der Waals surface area contributed by atoms with Gasteiger partial charge in [-0.15, -0.1) is 0 Å². The fourth-order valence-electron chi connectivity index (χ4n) is 2.26. The van der Waals surface area contributed by atoms with Crippen molar-refractivity contribution in [1.82, 2.24) is 0 Å². The van der Waals surface area contributed by atoms with Crippen LogP contribution in [0.1, 0.15) is 41.0 Å². The van der Waals surface area contributed by atoms with Crippen molar-refractivity contribution in [3.63, 3.8) is 0 Å². The van der Waals surface area contributed by atoms with Crippen molar-refractivity contribution in [2.24, 2.45) is 5.92 Å². The molecule has 2 aromatic carbocycles. The van der Waals surface area contributed by atoms with Gasteiger partial charge in [-0.25, -0.2) is 9.59 Å². The SMILES string of the molecule is CC(C)C(CCOC(=O)c1ccc(Cl)cc1)OC(=O)c1ccc(Cl)cc1. The Bertz CT molecular complexity index is 739. The second-order valence-corrected chi connectivity index (χ2v) is 7.00. The molecule has 138 valence electrons. The van der Waals surface area contributed by atoms with Gasteiger partial charge < -0.3 is 9.47 Å². The molecule has 0 aliphatic heterocycles. The van der Waals surface area contributed by atoms with Crippen LogP contribution in [-0.2, 0) is 9.47 Å². The predicted molar refractivity (Wildman–Crippen MR) is 102 cm³/mol. The van der Waals surface area contributed by atoms with Crippen molar-refractivity contribution in [2.75, 3.05) is 6.61 Å². The molecule has 0 fully saturated rings. The lowest BCUT2D eigenvalue weighted by molar-refractivity contribution is 0.00626. The lowest BCUT2D eigenvalue weighted by Crippen LogP contribution is -2.26. The molecule has 0 aliphatic rings. The third-order valence-corrected chi connectivity index (χ3v) is 4.30. The van der Waals surface area contributed by atoms with E-state index in [0.717, 1.165) is 0 Å². The van der Waals surface area contributed by atoms with Gasteiger partial charge in [0.15, 0.2) is 0 Å². The molecule has 1 unspecified atom stereocenters. The van der Waals surface area contributed by atoms with E-state index in [-0.39, 0.29) is 18.6 Å². The molecular weight excluding hydrogens is 375 g/mol. The van der Waals surface area contributed by atoms with Crippen molar-refractivity contribution in [2.45, 2.75) is 26.4 Å². The minimum absolute atomic E-state index is 0.0838. The first-order valence-electron chi connectivity index (χ1n) is 8.26. The van der Waals surface area contributed by atoms with Crippen molar-refractivity contribution < 1.29 is 19.1 Å². The largest absolute Gasteiger partial charge is 0.462 e. The Labute approximate surface area is 163 Å². The predicted octanol–water partition coefficient (Wildman–Crippen LogP) is 5.42.